The summed E-state index contributed by atoms with van der Waals surface area (Å²) in [5.74, 6) is -0.363. The van der Waals surface area contributed by atoms with Gasteiger partial charge in [0.1, 0.15) is 0 Å². The Morgan fingerprint density at radius 2 is 1.54 bits per heavy atom. The first-order chi connectivity index (χ1) is 12.5. The normalized spacial score (nSPS) is 20.6. The first-order valence-corrected chi connectivity index (χ1v) is 9.05. The third-order valence-electron chi connectivity index (χ3n) is 5.30. The van der Waals surface area contributed by atoms with Crippen molar-refractivity contribution in [1.29, 1.82) is 0 Å². The molecule has 1 atom stereocenters. The molecule has 1 fully saturated rings. The van der Waals surface area contributed by atoms with Gasteiger partial charge in [-0.05, 0) is 38.1 Å². The number of piperazine rings is 1. The molecule has 2 aromatic rings. The van der Waals surface area contributed by atoms with Gasteiger partial charge in [-0.15, -0.1) is 0 Å². The molecule has 0 radical (unpaired) electrons. The third-order valence-corrected chi connectivity index (χ3v) is 5.30. The lowest BCUT2D eigenvalue weighted by Crippen LogP contribution is -2.55. The number of nitrogens with zero attached hydrogens (tertiary/aromatic N) is 3. The number of hydrogen-bond donors (Lipinski definition) is 0. The molecule has 0 N–H and O–H groups in total. The van der Waals surface area contributed by atoms with E-state index >= 15 is 0 Å². The predicted octanol–water partition coefficient (Wildman–Crippen LogP) is 2.76. The Kier molecular flexibility index (Phi) is 4.24. The summed E-state index contributed by atoms with van der Waals surface area (Å²) in [6, 6.07) is 16.0. The fraction of sp³-hybridized carbons (Fsp3) is 0.333. The van der Waals surface area contributed by atoms with Gasteiger partial charge >= 0.3 is 0 Å². The molecule has 26 heavy (non-hydrogen) atoms. The SMILES string of the molecule is Cc1ccc(N2CCN(CN3C(=O)c4ccccc4C3=O)C[C@H]2C)cc1. The van der Waals surface area contributed by atoms with E-state index in [2.05, 4.69) is 47.9 Å². The second-order valence-corrected chi connectivity index (χ2v) is 7.18. The fourth-order valence-electron chi connectivity index (χ4n) is 3.85. The summed E-state index contributed by atoms with van der Waals surface area (Å²) in [4.78, 5) is 31.0. The van der Waals surface area contributed by atoms with E-state index in [1.165, 1.54) is 16.2 Å². The smallest absolute Gasteiger partial charge is 0.262 e. The zero-order valence-corrected chi connectivity index (χ0v) is 15.2. The van der Waals surface area contributed by atoms with E-state index in [9.17, 15) is 9.59 Å². The average Bonchev–Trinajstić information content (AvgIpc) is 2.88. The Labute approximate surface area is 153 Å². The van der Waals surface area contributed by atoms with Crippen LogP contribution in [-0.2, 0) is 0 Å². The second kappa shape index (κ2) is 6.57. The zero-order chi connectivity index (χ0) is 18.3. The number of carbonyl (C=O) groups is 2. The van der Waals surface area contributed by atoms with E-state index in [0.717, 1.165) is 19.6 Å². The average molecular weight is 349 g/mol. The van der Waals surface area contributed by atoms with E-state index in [-0.39, 0.29) is 11.8 Å². The van der Waals surface area contributed by atoms with Crippen LogP contribution in [0.1, 0.15) is 33.2 Å². The molecule has 2 amide bonds. The number of rotatable bonds is 3. The van der Waals surface area contributed by atoms with E-state index in [1.54, 1.807) is 24.3 Å². The molecule has 2 heterocycles. The first kappa shape index (κ1) is 16.8. The van der Waals surface area contributed by atoms with Gasteiger partial charge in [-0.25, -0.2) is 0 Å². The summed E-state index contributed by atoms with van der Waals surface area (Å²) < 4.78 is 0. The molecule has 5 nitrogen and oxygen atoms in total. The Balaban J connectivity index is 1.43. The van der Waals surface area contributed by atoms with Crippen molar-refractivity contribution in [3.8, 4) is 0 Å². The summed E-state index contributed by atoms with van der Waals surface area (Å²) in [7, 11) is 0. The molecule has 0 aromatic heterocycles. The number of anilines is 1. The van der Waals surface area contributed by atoms with Gasteiger partial charge < -0.3 is 4.90 Å². The van der Waals surface area contributed by atoms with Crippen molar-refractivity contribution in [2.75, 3.05) is 31.2 Å². The Morgan fingerprint density at radius 1 is 0.923 bits per heavy atom. The summed E-state index contributed by atoms with van der Waals surface area (Å²) in [6.45, 7) is 7.17. The molecular formula is C21H23N3O2. The maximum absolute atomic E-state index is 12.5. The van der Waals surface area contributed by atoms with Crippen molar-refractivity contribution in [3.63, 3.8) is 0 Å². The van der Waals surface area contributed by atoms with Crippen molar-refractivity contribution in [2.24, 2.45) is 0 Å². The van der Waals surface area contributed by atoms with Crippen LogP contribution in [0.25, 0.3) is 0 Å². The van der Waals surface area contributed by atoms with Gasteiger partial charge in [0, 0.05) is 31.4 Å². The predicted molar refractivity (Wildman–Crippen MR) is 101 cm³/mol. The monoisotopic (exact) mass is 349 g/mol. The van der Waals surface area contributed by atoms with Crippen LogP contribution in [-0.4, -0.2) is 54.0 Å². The van der Waals surface area contributed by atoms with Crippen molar-refractivity contribution in [2.45, 2.75) is 19.9 Å². The standard InChI is InChI=1S/C21H23N3O2/c1-15-7-9-17(10-8-15)23-12-11-22(13-16(23)2)14-24-20(25)18-5-3-4-6-19(18)21(24)26/h3-10,16H,11-14H2,1-2H3/t16-/m1/s1. The van der Waals surface area contributed by atoms with Gasteiger partial charge in [0.25, 0.3) is 11.8 Å². The number of hydrogen-bond acceptors (Lipinski definition) is 4. The van der Waals surface area contributed by atoms with Crippen LogP contribution in [0.15, 0.2) is 48.5 Å². The molecule has 2 aliphatic rings. The minimum absolute atomic E-state index is 0.181. The Bertz CT molecular complexity index is 812. The van der Waals surface area contributed by atoms with Crippen LogP contribution < -0.4 is 4.90 Å². The van der Waals surface area contributed by atoms with Crippen molar-refractivity contribution in [3.05, 3.63) is 65.2 Å². The van der Waals surface area contributed by atoms with Gasteiger partial charge in [0.2, 0.25) is 0 Å². The van der Waals surface area contributed by atoms with Crippen LogP contribution in [0.5, 0.6) is 0 Å². The van der Waals surface area contributed by atoms with E-state index in [0.29, 0.717) is 23.8 Å². The highest BCUT2D eigenvalue weighted by Crippen LogP contribution is 2.25. The van der Waals surface area contributed by atoms with Crippen molar-refractivity contribution < 1.29 is 9.59 Å². The highest BCUT2D eigenvalue weighted by molar-refractivity contribution is 6.21. The zero-order valence-electron chi connectivity index (χ0n) is 15.2. The molecule has 134 valence electrons. The van der Waals surface area contributed by atoms with Crippen LogP contribution in [0.4, 0.5) is 5.69 Å². The number of benzene rings is 2. The summed E-state index contributed by atoms with van der Waals surface area (Å²) in [5.41, 5.74) is 3.52. The number of imide groups is 1. The van der Waals surface area contributed by atoms with E-state index in [4.69, 9.17) is 0 Å². The molecule has 0 unspecified atom stereocenters. The van der Waals surface area contributed by atoms with Gasteiger partial charge in [-0.2, -0.15) is 0 Å². The van der Waals surface area contributed by atoms with Gasteiger partial charge in [0.05, 0.1) is 17.8 Å². The summed E-state index contributed by atoms with van der Waals surface area (Å²) in [6.07, 6.45) is 0. The Hall–Kier alpha value is -2.66. The molecule has 0 saturated carbocycles. The number of carbonyl (C=O) groups excluding carboxylic acids is 2. The number of amides is 2. The lowest BCUT2D eigenvalue weighted by molar-refractivity contribution is 0.0521. The highest BCUT2D eigenvalue weighted by atomic mass is 16.2. The summed E-state index contributed by atoms with van der Waals surface area (Å²) >= 11 is 0. The third kappa shape index (κ3) is 2.88. The lowest BCUT2D eigenvalue weighted by atomic mass is 10.1. The minimum Gasteiger partial charge on any atom is -0.366 e. The maximum Gasteiger partial charge on any atom is 0.262 e. The molecule has 2 aliphatic heterocycles. The molecule has 0 spiro atoms. The maximum atomic E-state index is 12.5. The minimum atomic E-state index is -0.181. The fourth-order valence-corrected chi connectivity index (χ4v) is 3.85. The largest absolute Gasteiger partial charge is 0.366 e. The van der Waals surface area contributed by atoms with Gasteiger partial charge in [-0.1, -0.05) is 29.8 Å². The molecule has 0 aliphatic carbocycles. The van der Waals surface area contributed by atoms with Crippen molar-refractivity contribution in [1.82, 2.24) is 9.80 Å². The van der Waals surface area contributed by atoms with Crippen LogP contribution in [0.3, 0.4) is 0 Å². The molecular weight excluding hydrogens is 326 g/mol. The Morgan fingerprint density at radius 3 is 2.12 bits per heavy atom. The van der Waals surface area contributed by atoms with Gasteiger partial charge in [-0.3, -0.25) is 19.4 Å². The molecule has 1 saturated heterocycles. The molecule has 2 aromatic carbocycles. The molecule has 5 heteroatoms. The topological polar surface area (TPSA) is 43.9 Å². The number of fused-ring (bicyclic) bond motifs is 1. The first-order valence-electron chi connectivity index (χ1n) is 9.05. The van der Waals surface area contributed by atoms with Crippen LogP contribution in [0, 0.1) is 6.92 Å². The van der Waals surface area contributed by atoms with E-state index < -0.39 is 0 Å². The highest BCUT2D eigenvalue weighted by Gasteiger charge is 2.37. The molecule has 0 bridgehead atoms. The lowest BCUT2D eigenvalue weighted by Gasteiger charge is -2.42. The quantitative estimate of drug-likeness (QED) is 0.800. The summed E-state index contributed by atoms with van der Waals surface area (Å²) in [5, 5.41) is 0. The number of aryl methyl sites for hydroxylation is 1. The van der Waals surface area contributed by atoms with Crippen LogP contribution in [0.2, 0.25) is 0 Å². The molecule has 4 rings (SSSR count). The van der Waals surface area contributed by atoms with E-state index in [1.807, 2.05) is 0 Å². The van der Waals surface area contributed by atoms with Crippen molar-refractivity contribution >= 4 is 17.5 Å². The van der Waals surface area contributed by atoms with Crippen LogP contribution >= 0.6 is 0 Å². The second-order valence-electron chi connectivity index (χ2n) is 7.18. The van der Waals surface area contributed by atoms with Gasteiger partial charge in [0.15, 0.2) is 0 Å².